The molecule has 98 valence electrons. The van der Waals surface area contributed by atoms with Gasteiger partial charge in [0.2, 0.25) is 0 Å². The summed E-state index contributed by atoms with van der Waals surface area (Å²) in [5.41, 5.74) is -0.998. The molecular formula is C11H19NO4S. The van der Waals surface area contributed by atoms with Gasteiger partial charge in [-0.3, -0.25) is 4.79 Å². The average molecular weight is 261 g/mol. The summed E-state index contributed by atoms with van der Waals surface area (Å²) in [6.45, 7) is 0.682. The number of carbonyl (C=O) groups excluding carboxylic acids is 1. The molecular weight excluding hydrogens is 242 g/mol. The highest BCUT2D eigenvalue weighted by Gasteiger charge is 2.54. The molecule has 0 spiro atoms. The van der Waals surface area contributed by atoms with Gasteiger partial charge in [-0.25, -0.2) is 8.42 Å². The highest BCUT2D eigenvalue weighted by Crippen LogP contribution is 2.35. The van der Waals surface area contributed by atoms with Crippen LogP contribution < -0.4 is 5.32 Å². The lowest BCUT2D eigenvalue weighted by molar-refractivity contribution is -0.149. The molecule has 2 fully saturated rings. The van der Waals surface area contributed by atoms with E-state index in [1.54, 1.807) is 0 Å². The van der Waals surface area contributed by atoms with Crippen molar-refractivity contribution in [3.63, 3.8) is 0 Å². The van der Waals surface area contributed by atoms with Crippen LogP contribution in [0.1, 0.15) is 32.1 Å². The van der Waals surface area contributed by atoms with Gasteiger partial charge in [-0.15, -0.1) is 0 Å². The molecule has 2 rings (SSSR count). The Hall–Kier alpha value is -0.620. The summed E-state index contributed by atoms with van der Waals surface area (Å²) >= 11 is 0. The third kappa shape index (κ3) is 2.08. The zero-order valence-electron chi connectivity index (χ0n) is 10.1. The SMILES string of the molecule is COC(=O)C1(C2CCCS2(=O)=O)CCCCN1. The van der Waals surface area contributed by atoms with Gasteiger partial charge < -0.3 is 10.1 Å². The van der Waals surface area contributed by atoms with Crippen LogP contribution >= 0.6 is 0 Å². The predicted octanol–water partition coefficient (Wildman–Crippen LogP) is 0.249. The van der Waals surface area contributed by atoms with Gasteiger partial charge in [0.1, 0.15) is 5.54 Å². The summed E-state index contributed by atoms with van der Waals surface area (Å²) in [7, 11) is -1.84. The van der Waals surface area contributed by atoms with E-state index in [1.165, 1.54) is 7.11 Å². The number of rotatable bonds is 2. The van der Waals surface area contributed by atoms with E-state index < -0.39 is 26.6 Å². The van der Waals surface area contributed by atoms with Crippen molar-refractivity contribution in [2.75, 3.05) is 19.4 Å². The van der Waals surface area contributed by atoms with Crippen molar-refractivity contribution in [1.82, 2.24) is 5.32 Å². The molecule has 0 aromatic carbocycles. The van der Waals surface area contributed by atoms with Crippen molar-refractivity contribution >= 4 is 15.8 Å². The van der Waals surface area contributed by atoms with Gasteiger partial charge in [0.15, 0.2) is 9.84 Å². The number of methoxy groups -OCH3 is 1. The standard InChI is InChI=1S/C11H19NO4S/c1-16-10(13)11(6-2-3-7-12-11)9-5-4-8-17(9,14)15/h9,12H,2-8H2,1H3. The zero-order valence-corrected chi connectivity index (χ0v) is 10.9. The van der Waals surface area contributed by atoms with Gasteiger partial charge in [-0.1, -0.05) is 0 Å². The lowest BCUT2D eigenvalue weighted by Crippen LogP contribution is -2.63. The van der Waals surface area contributed by atoms with Crippen molar-refractivity contribution in [1.29, 1.82) is 0 Å². The molecule has 0 aliphatic carbocycles. The third-order valence-electron chi connectivity index (χ3n) is 3.87. The van der Waals surface area contributed by atoms with E-state index in [9.17, 15) is 13.2 Å². The predicted molar refractivity (Wildman–Crippen MR) is 63.4 cm³/mol. The Morgan fingerprint density at radius 3 is 2.59 bits per heavy atom. The summed E-state index contributed by atoms with van der Waals surface area (Å²) in [5.74, 6) is -0.231. The normalized spacial score (nSPS) is 36.6. The number of carbonyl (C=O) groups is 1. The molecule has 0 aromatic heterocycles. The molecule has 2 saturated heterocycles. The molecule has 0 saturated carbocycles. The van der Waals surface area contributed by atoms with Crippen LogP contribution in [0.15, 0.2) is 0 Å². The van der Waals surface area contributed by atoms with Crippen LogP contribution in [0, 0.1) is 0 Å². The summed E-state index contributed by atoms with van der Waals surface area (Å²) in [6.07, 6.45) is 3.61. The fourth-order valence-corrected chi connectivity index (χ4v) is 5.33. The van der Waals surface area contributed by atoms with Crippen LogP contribution in [0.4, 0.5) is 0 Å². The molecule has 0 radical (unpaired) electrons. The second-order valence-electron chi connectivity index (χ2n) is 4.84. The molecule has 0 amide bonds. The number of hydrogen-bond donors (Lipinski definition) is 1. The first-order valence-corrected chi connectivity index (χ1v) is 7.79. The van der Waals surface area contributed by atoms with Crippen LogP contribution in [0.3, 0.4) is 0 Å². The Labute approximate surface area is 102 Å². The number of hydrogen-bond acceptors (Lipinski definition) is 5. The maximum Gasteiger partial charge on any atom is 0.327 e. The Morgan fingerprint density at radius 1 is 1.35 bits per heavy atom. The quantitative estimate of drug-likeness (QED) is 0.721. The van der Waals surface area contributed by atoms with Crippen LogP contribution in [-0.4, -0.2) is 44.6 Å². The van der Waals surface area contributed by atoms with Crippen molar-refractivity contribution in [3.8, 4) is 0 Å². The van der Waals surface area contributed by atoms with Gasteiger partial charge in [-0.05, 0) is 38.6 Å². The Balaban J connectivity index is 2.36. The Morgan fingerprint density at radius 2 is 2.12 bits per heavy atom. The highest BCUT2D eigenvalue weighted by molar-refractivity contribution is 7.92. The molecule has 0 aromatic rings. The molecule has 2 aliphatic heterocycles. The molecule has 17 heavy (non-hydrogen) atoms. The fraction of sp³-hybridized carbons (Fsp3) is 0.909. The largest absolute Gasteiger partial charge is 0.468 e. The van der Waals surface area contributed by atoms with Gasteiger partial charge in [-0.2, -0.15) is 0 Å². The van der Waals surface area contributed by atoms with Gasteiger partial charge >= 0.3 is 5.97 Å². The minimum atomic E-state index is -3.16. The molecule has 2 aliphatic rings. The molecule has 1 N–H and O–H groups in total. The van der Waals surface area contributed by atoms with E-state index in [0.29, 0.717) is 25.8 Å². The Kier molecular flexibility index (Phi) is 3.45. The van der Waals surface area contributed by atoms with Gasteiger partial charge in [0.25, 0.3) is 0 Å². The maximum atomic E-state index is 12.0. The van der Waals surface area contributed by atoms with Crippen molar-refractivity contribution < 1.29 is 17.9 Å². The molecule has 2 atom stereocenters. The van der Waals surface area contributed by atoms with Crippen LogP contribution in [-0.2, 0) is 19.4 Å². The first kappa shape index (κ1) is 12.8. The van der Waals surface area contributed by atoms with Crippen LogP contribution in [0.2, 0.25) is 0 Å². The summed E-state index contributed by atoms with van der Waals surface area (Å²) in [4.78, 5) is 12.0. The minimum Gasteiger partial charge on any atom is -0.468 e. The zero-order chi connectivity index (χ0) is 12.5. The number of esters is 1. The van der Waals surface area contributed by atoms with E-state index in [4.69, 9.17) is 4.74 Å². The second kappa shape index (κ2) is 4.57. The number of ether oxygens (including phenoxy) is 1. The molecule has 2 unspecified atom stereocenters. The summed E-state index contributed by atoms with van der Waals surface area (Å²) in [5, 5.41) is 2.52. The number of sulfone groups is 1. The minimum absolute atomic E-state index is 0.193. The smallest absolute Gasteiger partial charge is 0.327 e. The van der Waals surface area contributed by atoms with Crippen LogP contribution in [0.25, 0.3) is 0 Å². The summed E-state index contributed by atoms with van der Waals surface area (Å²) < 4.78 is 28.9. The van der Waals surface area contributed by atoms with Gasteiger partial charge in [0, 0.05) is 0 Å². The monoisotopic (exact) mass is 261 g/mol. The average Bonchev–Trinajstić information content (AvgIpc) is 2.69. The molecule has 5 nitrogen and oxygen atoms in total. The number of piperidine rings is 1. The van der Waals surface area contributed by atoms with E-state index in [-0.39, 0.29) is 5.75 Å². The Bertz CT molecular complexity index is 398. The van der Waals surface area contributed by atoms with E-state index in [0.717, 1.165) is 12.8 Å². The molecule has 2 heterocycles. The van der Waals surface area contributed by atoms with Crippen molar-refractivity contribution in [2.45, 2.75) is 42.9 Å². The lowest BCUT2D eigenvalue weighted by atomic mass is 9.84. The van der Waals surface area contributed by atoms with E-state index in [2.05, 4.69) is 5.32 Å². The second-order valence-corrected chi connectivity index (χ2v) is 7.15. The fourth-order valence-electron chi connectivity index (χ4n) is 3.04. The van der Waals surface area contributed by atoms with Crippen molar-refractivity contribution in [3.05, 3.63) is 0 Å². The number of nitrogens with one attached hydrogen (secondary N) is 1. The maximum absolute atomic E-state index is 12.0. The summed E-state index contributed by atoms with van der Waals surface area (Å²) in [6, 6.07) is 0. The first-order chi connectivity index (χ1) is 8.03. The van der Waals surface area contributed by atoms with Crippen molar-refractivity contribution in [2.24, 2.45) is 0 Å². The van der Waals surface area contributed by atoms with Gasteiger partial charge in [0.05, 0.1) is 18.1 Å². The molecule has 0 bridgehead atoms. The molecule has 6 heteroatoms. The first-order valence-electron chi connectivity index (χ1n) is 6.08. The topological polar surface area (TPSA) is 72.5 Å². The van der Waals surface area contributed by atoms with E-state index in [1.807, 2.05) is 0 Å². The lowest BCUT2D eigenvalue weighted by Gasteiger charge is -2.39. The third-order valence-corrected chi connectivity index (χ3v) is 6.23. The van der Waals surface area contributed by atoms with E-state index >= 15 is 0 Å². The highest BCUT2D eigenvalue weighted by atomic mass is 32.2. The van der Waals surface area contributed by atoms with Crippen LogP contribution in [0.5, 0.6) is 0 Å².